The van der Waals surface area contributed by atoms with E-state index < -0.39 is 13.8 Å². The van der Waals surface area contributed by atoms with Crippen molar-refractivity contribution in [3.05, 3.63) is 12.7 Å². The summed E-state index contributed by atoms with van der Waals surface area (Å²) < 4.78 is 8.77. The molecule has 0 aliphatic rings. The Morgan fingerprint density at radius 1 is 1.55 bits per heavy atom. The number of phosphoric acid groups is 1. The van der Waals surface area contributed by atoms with Crippen LogP contribution >= 0.6 is 7.82 Å². The van der Waals surface area contributed by atoms with E-state index in [0.29, 0.717) is 0 Å². The second-order valence-electron chi connectivity index (χ2n) is 1.03. The van der Waals surface area contributed by atoms with Crippen molar-refractivity contribution in [1.82, 2.24) is 0 Å². The molecule has 0 amide bonds. The smallest absolute Gasteiger partial charge is 0.756 e. The van der Waals surface area contributed by atoms with E-state index in [1.807, 2.05) is 0 Å². The number of hydrogen-bond acceptors (Lipinski definition) is 3. The van der Waals surface area contributed by atoms with Crippen molar-refractivity contribution in [3.63, 3.8) is 0 Å². The molecule has 8 heteroatoms. The number of carboxylic acid groups (broad SMARTS) is 1. The van der Waals surface area contributed by atoms with Crippen molar-refractivity contribution >= 4 is 13.8 Å². The molecule has 0 fully saturated rings. The van der Waals surface area contributed by atoms with Gasteiger partial charge < -0.3 is 19.8 Å². The summed E-state index contributed by atoms with van der Waals surface area (Å²) in [4.78, 5) is 32.2. The van der Waals surface area contributed by atoms with Gasteiger partial charge in [-0.1, -0.05) is 6.58 Å². The van der Waals surface area contributed by atoms with E-state index >= 15 is 0 Å². The molecule has 0 bridgehead atoms. The third-order valence-corrected chi connectivity index (χ3v) is 0.175. The van der Waals surface area contributed by atoms with Crippen molar-refractivity contribution in [2.45, 2.75) is 0 Å². The summed E-state index contributed by atoms with van der Waals surface area (Å²) in [6.07, 6.45) is 0.833. The maximum Gasteiger partial charge on any atom is 1.00 e. The van der Waals surface area contributed by atoms with Crippen LogP contribution in [0.2, 0.25) is 0 Å². The Labute approximate surface area is 106 Å². The molecule has 0 aromatic carbocycles. The zero-order valence-corrected chi connectivity index (χ0v) is 9.82. The van der Waals surface area contributed by atoms with Crippen LogP contribution in [0.1, 0.15) is 0 Å². The fourth-order valence-corrected chi connectivity index (χ4v) is 0. The van der Waals surface area contributed by atoms with E-state index in [1.54, 1.807) is 0 Å². The fraction of sp³-hybridized carbons (Fsp3) is 0. The van der Waals surface area contributed by atoms with Crippen molar-refractivity contribution in [3.8, 4) is 0 Å². The van der Waals surface area contributed by atoms with Gasteiger partial charge in [0, 0.05) is 6.08 Å². The first kappa shape index (κ1) is 17.9. The Balaban J connectivity index is -0.000000107. The van der Waals surface area contributed by atoms with Gasteiger partial charge in [0.05, 0.1) is 0 Å². The van der Waals surface area contributed by atoms with Gasteiger partial charge in [-0.05, 0) is 0 Å². The van der Waals surface area contributed by atoms with Crippen LogP contribution in [-0.4, -0.2) is 20.9 Å². The Bertz CT molecular complexity index is 153. The normalized spacial score (nSPS) is 8.27. The van der Waals surface area contributed by atoms with Gasteiger partial charge in [0.25, 0.3) is 7.82 Å². The van der Waals surface area contributed by atoms with E-state index in [2.05, 4.69) is 6.58 Å². The molecule has 0 radical (unpaired) electrons. The molecular formula is C3H6KO6P. The van der Waals surface area contributed by atoms with Crippen LogP contribution in [0.3, 0.4) is 0 Å². The standard InChI is InChI=1S/C3H4O2.K.H3O4P/c1-2-3(4)5;;1-5(2,3)4/h2H,1H2,(H,4,5);;(H3,1,2,3,4)/q;+1;/p-1. The maximum atomic E-state index is 9.25. The minimum Gasteiger partial charge on any atom is -0.756 e. The first-order chi connectivity index (χ1) is 4.27. The van der Waals surface area contributed by atoms with Gasteiger partial charge in [-0.2, -0.15) is 0 Å². The Morgan fingerprint density at radius 2 is 1.64 bits per heavy atom. The summed E-state index contributed by atoms with van der Waals surface area (Å²) in [7, 11) is -4.89. The summed E-state index contributed by atoms with van der Waals surface area (Å²) in [5.74, 6) is -0.981. The molecule has 0 unspecified atom stereocenters. The molecule has 0 aromatic rings. The average molecular weight is 208 g/mol. The molecule has 0 spiro atoms. The number of hydrogen-bond donors (Lipinski definition) is 3. The first-order valence-electron chi connectivity index (χ1n) is 1.89. The number of carboxylic acids is 1. The number of aliphatic carboxylic acids is 1. The van der Waals surface area contributed by atoms with Crippen LogP contribution in [0.15, 0.2) is 12.7 Å². The Kier molecular flexibility index (Phi) is 14.7. The van der Waals surface area contributed by atoms with Gasteiger partial charge >= 0.3 is 57.4 Å². The monoisotopic (exact) mass is 208 g/mol. The molecule has 0 aliphatic heterocycles. The zero-order chi connectivity index (χ0) is 8.78. The molecule has 0 aromatic heterocycles. The Hall–Kier alpha value is 0.956. The zero-order valence-electron chi connectivity index (χ0n) is 5.80. The summed E-state index contributed by atoms with van der Waals surface area (Å²) in [6, 6.07) is 0. The third kappa shape index (κ3) is 101. The molecule has 0 heterocycles. The SMILES string of the molecule is C=CC(=O)O.O=P([O-])(O)O.[K+]. The summed E-state index contributed by atoms with van der Waals surface area (Å²) in [5, 5.41) is 7.60. The van der Waals surface area contributed by atoms with Crippen molar-refractivity contribution in [2.75, 3.05) is 0 Å². The Morgan fingerprint density at radius 3 is 1.64 bits per heavy atom. The third-order valence-electron chi connectivity index (χ3n) is 0.175. The molecule has 11 heavy (non-hydrogen) atoms. The second-order valence-corrected chi connectivity index (χ2v) is 2.01. The van der Waals surface area contributed by atoms with Crippen LogP contribution < -0.4 is 56.3 Å². The number of carbonyl (C=O) groups is 1. The maximum absolute atomic E-state index is 9.25. The van der Waals surface area contributed by atoms with E-state index in [-0.39, 0.29) is 51.4 Å². The molecule has 0 saturated heterocycles. The summed E-state index contributed by atoms with van der Waals surface area (Å²) in [5.41, 5.74) is 0. The topological polar surface area (TPSA) is 118 Å². The van der Waals surface area contributed by atoms with Crippen LogP contribution in [0.5, 0.6) is 0 Å². The van der Waals surface area contributed by atoms with Gasteiger partial charge in [0.15, 0.2) is 0 Å². The predicted molar refractivity (Wildman–Crippen MR) is 29.9 cm³/mol. The van der Waals surface area contributed by atoms with Crippen molar-refractivity contribution in [1.29, 1.82) is 0 Å². The molecule has 0 saturated carbocycles. The summed E-state index contributed by atoms with van der Waals surface area (Å²) in [6.45, 7) is 2.96. The van der Waals surface area contributed by atoms with Gasteiger partial charge in [-0.25, -0.2) is 4.79 Å². The van der Waals surface area contributed by atoms with Crippen LogP contribution in [0.4, 0.5) is 0 Å². The van der Waals surface area contributed by atoms with Crippen LogP contribution in [0, 0.1) is 0 Å². The van der Waals surface area contributed by atoms with Crippen LogP contribution in [0.25, 0.3) is 0 Å². The molecule has 0 aliphatic carbocycles. The molecule has 6 nitrogen and oxygen atoms in total. The predicted octanol–water partition coefficient (Wildman–Crippen LogP) is -4.30. The van der Waals surface area contributed by atoms with Crippen LogP contribution in [-0.2, 0) is 9.36 Å². The second kappa shape index (κ2) is 9.05. The van der Waals surface area contributed by atoms with Crippen molar-refractivity contribution < 1.29 is 80.5 Å². The van der Waals surface area contributed by atoms with Gasteiger partial charge in [-0.3, -0.25) is 4.57 Å². The van der Waals surface area contributed by atoms with E-state index in [4.69, 9.17) is 24.4 Å². The van der Waals surface area contributed by atoms with E-state index in [9.17, 15) is 4.79 Å². The van der Waals surface area contributed by atoms with Gasteiger partial charge in [0.1, 0.15) is 0 Å². The summed E-state index contributed by atoms with van der Waals surface area (Å²) >= 11 is 0. The fourth-order valence-electron chi connectivity index (χ4n) is 0. The molecular weight excluding hydrogens is 202 g/mol. The largest absolute Gasteiger partial charge is 1.00 e. The average Bonchev–Trinajstić information content (AvgIpc) is 1.61. The molecule has 0 rings (SSSR count). The number of rotatable bonds is 1. The quantitative estimate of drug-likeness (QED) is 0.228. The minimum atomic E-state index is -4.89. The molecule has 3 N–H and O–H groups in total. The molecule has 0 atom stereocenters. The molecule has 60 valence electrons. The minimum absolute atomic E-state index is 0. The van der Waals surface area contributed by atoms with Crippen molar-refractivity contribution in [2.24, 2.45) is 0 Å². The van der Waals surface area contributed by atoms with E-state index in [1.165, 1.54) is 0 Å². The first-order valence-corrected chi connectivity index (χ1v) is 3.42. The van der Waals surface area contributed by atoms with Gasteiger partial charge in [0.2, 0.25) is 0 Å². The van der Waals surface area contributed by atoms with Gasteiger partial charge in [-0.15, -0.1) is 0 Å². The van der Waals surface area contributed by atoms with E-state index in [0.717, 1.165) is 6.08 Å².